The molecule has 0 bridgehead atoms. The van der Waals surface area contributed by atoms with Crippen LogP contribution < -0.4 is 4.74 Å². The van der Waals surface area contributed by atoms with Crippen molar-refractivity contribution in [2.45, 2.75) is 20.5 Å². The molecule has 0 amide bonds. The summed E-state index contributed by atoms with van der Waals surface area (Å²) >= 11 is 6.35. The maximum absolute atomic E-state index is 13.9. The normalized spacial score (nSPS) is 11.0. The van der Waals surface area contributed by atoms with Gasteiger partial charge >= 0.3 is 0 Å². The van der Waals surface area contributed by atoms with Gasteiger partial charge in [-0.05, 0) is 61.4 Å². The van der Waals surface area contributed by atoms with Crippen LogP contribution in [0, 0.1) is 25.6 Å². The van der Waals surface area contributed by atoms with E-state index in [1.165, 1.54) is 18.3 Å². The van der Waals surface area contributed by atoms with E-state index in [1.54, 1.807) is 25.3 Å². The van der Waals surface area contributed by atoms with E-state index in [1.807, 2.05) is 19.1 Å². The molecule has 0 fully saturated rings. The smallest absolute Gasteiger partial charge is 0.212 e. The quantitative estimate of drug-likeness (QED) is 0.418. The Labute approximate surface area is 176 Å². The van der Waals surface area contributed by atoms with Gasteiger partial charge in [0, 0.05) is 23.5 Å². The molecule has 0 radical (unpaired) electrons. The van der Waals surface area contributed by atoms with Crippen molar-refractivity contribution in [3.05, 3.63) is 82.5 Å². The van der Waals surface area contributed by atoms with Gasteiger partial charge in [-0.2, -0.15) is 4.39 Å². The van der Waals surface area contributed by atoms with E-state index in [0.29, 0.717) is 28.0 Å². The molecule has 0 aliphatic rings. The molecule has 4 rings (SSSR count). The SMILES string of the molecule is Cc1cnc(COc2ccc(-c3nc(-c4ccc(F)nc4)[nH]c3Cl)c(C)c2)c(F)c1. The molecule has 1 aromatic carbocycles. The van der Waals surface area contributed by atoms with Gasteiger partial charge < -0.3 is 9.72 Å². The number of aromatic nitrogens is 4. The number of H-pyrrole nitrogens is 1. The van der Waals surface area contributed by atoms with E-state index in [2.05, 4.69) is 19.9 Å². The van der Waals surface area contributed by atoms with E-state index < -0.39 is 11.8 Å². The van der Waals surface area contributed by atoms with Crippen molar-refractivity contribution in [2.75, 3.05) is 0 Å². The molecule has 0 unspecified atom stereocenters. The summed E-state index contributed by atoms with van der Waals surface area (Å²) in [5.74, 6) is 0.106. The Kier molecular flexibility index (Phi) is 5.46. The Morgan fingerprint density at radius 2 is 1.87 bits per heavy atom. The summed E-state index contributed by atoms with van der Waals surface area (Å²) in [5.41, 5.74) is 3.87. The fourth-order valence-corrected chi connectivity index (χ4v) is 3.23. The van der Waals surface area contributed by atoms with Crippen LogP contribution in [0.15, 0.2) is 48.8 Å². The lowest BCUT2D eigenvalue weighted by Crippen LogP contribution is -2.02. The largest absolute Gasteiger partial charge is 0.487 e. The lowest BCUT2D eigenvalue weighted by molar-refractivity contribution is 0.294. The number of ether oxygens (including phenoxy) is 1. The van der Waals surface area contributed by atoms with E-state index in [4.69, 9.17) is 16.3 Å². The number of halogens is 3. The Hall–Kier alpha value is -3.32. The number of hydrogen-bond donors (Lipinski definition) is 1. The minimum atomic E-state index is -0.566. The lowest BCUT2D eigenvalue weighted by Gasteiger charge is -2.10. The second kappa shape index (κ2) is 8.20. The van der Waals surface area contributed by atoms with Gasteiger partial charge in [0.1, 0.15) is 40.5 Å². The van der Waals surface area contributed by atoms with Crippen LogP contribution in [-0.4, -0.2) is 19.9 Å². The first-order chi connectivity index (χ1) is 14.4. The minimum Gasteiger partial charge on any atom is -0.487 e. The molecule has 0 aliphatic carbocycles. The average Bonchev–Trinajstić information content (AvgIpc) is 3.09. The molecule has 152 valence electrons. The van der Waals surface area contributed by atoms with Crippen molar-refractivity contribution < 1.29 is 13.5 Å². The molecule has 4 aromatic rings. The van der Waals surface area contributed by atoms with Crippen LogP contribution >= 0.6 is 11.6 Å². The Morgan fingerprint density at radius 1 is 1.03 bits per heavy atom. The molecule has 30 heavy (non-hydrogen) atoms. The van der Waals surface area contributed by atoms with Gasteiger partial charge in [-0.25, -0.2) is 14.4 Å². The zero-order chi connectivity index (χ0) is 21.3. The summed E-state index contributed by atoms with van der Waals surface area (Å²) in [7, 11) is 0. The van der Waals surface area contributed by atoms with Gasteiger partial charge in [0.2, 0.25) is 5.95 Å². The fraction of sp³-hybridized carbons (Fsp3) is 0.136. The summed E-state index contributed by atoms with van der Waals surface area (Å²) in [4.78, 5) is 15.2. The van der Waals surface area contributed by atoms with Crippen molar-refractivity contribution in [3.63, 3.8) is 0 Å². The summed E-state index contributed by atoms with van der Waals surface area (Å²) in [6.07, 6.45) is 2.99. The van der Waals surface area contributed by atoms with Crippen LogP contribution in [0.1, 0.15) is 16.8 Å². The predicted octanol–water partition coefficient (Wildman–Crippen LogP) is 5.66. The number of benzene rings is 1. The molecule has 0 saturated heterocycles. The highest BCUT2D eigenvalue weighted by molar-refractivity contribution is 6.32. The second-order valence-electron chi connectivity index (χ2n) is 6.82. The van der Waals surface area contributed by atoms with E-state index in [0.717, 1.165) is 16.7 Å². The molecule has 1 N–H and O–H groups in total. The fourth-order valence-electron chi connectivity index (χ4n) is 2.99. The lowest BCUT2D eigenvalue weighted by atomic mass is 10.1. The summed E-state index contributed by atoms with van der Waals surface area (Å²) in [6, 6.07) is 9.67. The number of hydrogen-bond acceptors (Lipinski definition) is 4. The number of rotatable bonds is 5. The van der Waals surface area contributed by atoms with Crippen LogP contribution in [0.2, 0.25) is 5.15 Å². The summed E-state index contributed by atoms with van der Waals surface area (Å²) < 4.78 is 32.7. The molecule has 0 saturated carbocycles. The first kappa shape index (κ1) is 20.0. The number of aromatic amines is 1. The summed E-state index contributed by atoms with van der Waals surface area (Å²) in [6.45, 7) is 3.70. The highest BCUT2D eigenvalue weighted by Gasteiger charge is 2.15. The average molecular weight is 427 g/mol. The third-order valence-corrected chi connectivity index (χ3v) is 4.82. The van der Waals surface area contributed by atoms with Crippen molar-refractivity contribution >= 4 is 11.6 Å². The van der Waals surface area contributed by atoms with Crippen molar-refractivity contribution in [3.8, 4) is 28.4 Å². The van der Waals surface area contributed by atoms with Crippen LogP contribution in [0.3, 0.4) is 0 Å². The molecule has 0 spiro atoms. The maximum Gasteiger partial charge on any atom is 0.212 e. The Bertz CT molecular complexity index is 1210. The molecule has 3 heterocycles. The topological polar surface area (TPSA) is 63.7 Å². The van der Waals surface area contributed by atoms with Crippen LogP contribution in [-0.2, 0) is 6.61 Å². The molecule has 3 aromatic heterocycles. The zero-order valence-electron chi connectivity index (χ0n) is 16.2. The maximum atomic E-state index is 13.9. The molecule has 0 atom stereocenters. The second-order valence-corrected chi connectivity index (χ2v) is 7.20. The van der Waals surface area contributed by atoms with Gasteiger partial charge in [-0.3, -0.25) is 4.98 Å². The first-order valence-electron chi connectivity index (χ1n) is 9.13. The van der Waals surface area contributed by atoms with E-state index in [9.17, 15) is 8.78 Å². The minimum absolute atomic E-state index is 0.0236. The molecular weight excluding hydrogens is 410 g/mol. The predicted molar refractivity (Wildman–Crippen MR) is 110 cm³/mol. The third kappa shape index (κ3) is 4.16. The highest BCUT2D eigenvalue weighted by atomic mass is 35.5. The van der Waals surface area contributed by atoms with Crippen molar-refractivity contribution in [1.82, 2.24) is 19.9 Å². The van der Waals surface area contributed by atoms with Crippen LogP contribution in [0.25, 0.3) is 22.6 Å². The number of nitrogens with zero attached hydrogens (tertiary/aromatic N) is 3. The summed E-state index contributed by atoms with van der Waals surface area (Å²) in [5, 5.41) is 0.358. The molecule has 8 heteroatoms. The number of aryl methyl sites for hydroxylation is 2. The highest BCUT2D eigenvalue weighted by Crippen LogP contribution is 2.33. The number of nitrogens with one attached hydrogen (secondary N) is 1. The van der Waals surface area contributed by atoms with Gasteiger partial charge in [0.15, 0.2) is 0 Å². The van der Waals surface area contributed by atoms with Crippen LogP contribution in [0.4, 0.5) is 8.78 Å². The van der Waals surface area contributed by atoms with Crippen LogP contribution in [0.5, 0.6) is 5.75 Å². The third-order valence-electron chi connectivity index (χ3n) is 4.54. The van der Waals surface area contributed by atoms with Crippen molar-refractivity contribution in [1.29, 1.82) is 0 Å². The van der Waals surface area contributed by atoms with Crippen molar-refractivity contribution in [2.24, 2.45) is 0 Å². The molecule has 0 aliphatic heterocycles. The standard InChI is InChI=1S/C22H17ClF2N4O/c1-12-7-17(24)18(26-9-12)11-30-15-4-5-16(13(2)8-15)20-21(23)29-22(28-20)14-3-6-19(25)27-10-14/h3-10H,11H2,1-2H3,(H,28,29). The monoisotopic (exact) mass is 426 g/mol. The number of pyridine rings is 2. The van der Waals surface area contributed by atoms with E-state index in [-0.39, 0.29) is 12.3 Å². The van der Waals surface area contributed by atoms with Gasteiger partial charge in [-0.1, -0.05) is 11.6 Å². The van der Waals surface area contributed by atoms with E-state index >= 15 is 0 Å². The Balaban J connectivity index is 1.55. The molecule has 5 nitrogen and oxygen atoms in total. The Morgan fingerprint density at radius 3 is 2.57 bits per heavy atom. The zero-order valence-corrected chi connectivity index (χ0v) is 17.0. The first-order valence-corrected chi connectivity index (χ1v) is 9.51. The molecular formula is C22H17ClF2N4O. The number of imidazole rings is 1. The van der Waals surface area contributed by atoms with Gasteiger partial charge in [0.05, 0.1) is 0 Å². The van der Waals surface area contributed by atoms with Gasteiger partial charge in [-0.15, -0.1) is 0 Å². The van der Waals surface area contributed by atoms with Gasteiger partial charge in [0.25, 0.3) is 0 Å².